The van der Waals surface area contributed by atoms with Crippen LogP contribution in [-0.4, -0.2) is 75.9 Å². The van der Waals surface area contributed by atoms with Crippen molar-refractivity contribution in [2.45, 2.75) is 24.9 Å². The summed E-state index contributed by atoms with van der Waals surface area (Å²) in [5.74, 6) is 0.668. The standard InChI is InChI=1S/C13H27N3O/c1-14-13-10-17-9-11(13)7-16-6-4-5-12(8-16)15(2)3/h11-14H,4-10H2,1-3H3. The highest BCUT2D eigenvalue weighted by molar-refractivity contribution is 4.85. The van der Waals surface area contributed by atoms with Crippen molar-refractivity contribution < 1.29 is 4.74 Å². The van der Waals surface area contributed by atoms with Crippen LogP contribution in [0.2, 0.25) is 0 Å². The van der Waals surface area contributed by atoms with E-state index in [4.69, 9.17) is 4.74 Å². The predicted molar refractivity (Wildman–Crippen MR) is 70.3 cm³/mol. The molecule has 0 amide bonds. The van der Waals surface area contributed by atoms with E-state index in [2.05, 4.69) is 29.2 Å². The maximum absolute atomic E-state index is 5.58. The van der Waals surface area contributed by atoms with E-state index in [0.29, 0.717) is 12.0 Å². The summed E-state index contributed by atoms with van der Waals surface area (Å²) in [5, 5.41) is 3.38. The first kappa shape index (κ1) is 13.3. The van der Waals surface area contributed by atoms with Gasteiger partial charge in [-0.3, -0.25) is 0 Å². The van der Waals surface area contributed by atoms with Crippen LogP contribution in [0.1, 0.15) is 12.8 Å². The zero-order valence-electron chi connectivity index (χ0n) is 11.5. The van der Waals surface area contributed by atoms with Crippen molar-refractivity contribution in [3.05, 3.63) is 0 Å². The highest BCUT2D eigenvalue weighted by Gasteiger charge is 2.30. The maximum atomic E-state index is 5.58. The van der Waals surface area contributed by atoms with Gasteiger partial charge in [0.1, 0.15) is 0 Å². The molecule has 0 aromatic carbocycles. The molecule has 17 heavy (non-hydrogen) atoms. The molecule has 100 valence electrons. The van der Waals surface area contributed by atoms with Crippen molar-refractivity contribution in [3.63, 3.8) is 0 Å². The van der Waals surface area contributed by atoms with E-state index in [9.17, 15) is 0 Å². The van der Waals surface area contributed by atoms with Gasteiger partial charge in [0.05, 0.1) is 13.2 Å². The third kappa shape index (κ3) is 3.41. The molecule has 0 aromatic heterocycles. The Morgan fingerprint density at radius 2 is 2.18 bits per heavy atom. The largest absolute Gasteiger partial charge is 0.379 e. The van der Waals surface area contributed by atoms with E-state index >= 15 is 0 Å². The SMILES string of the molecule is CNC1COCC1CN1CCCC(N(C)C)C1. The molecule has 0 bridgehead atoms. The second-order valence-electron chi connectivity index (χ2n) is 5.71. The maximum Gasteiger partial charge on any atom is 0.0623 e. The third-order valence-electron chi connectivity index (χ3n) is 4.27. The van der Waals surface area contributed by atoms with Crippen LogP contribution in [0.5, 0.6) is 0 Å². The zero-order valence-corrected chi connectivity index (χ0v) is 11.5. The first-order chi connectivity index (χ1) is 8.20. The van der Waals surface area contributed by atoms with E-state index in [1.165, 1.54) is 32.5 Å². The van der Waals surface area contributed by atoms with E-state index in [1.807, 2.05) is 7.05 Å². The van der Waals surface area contributed by atoms with Crippen LogP contribution >= 0.6 is 0 Å². The summed E-state index contributed by atoms with van der Waals surface area (Å²) in [6, 6.07) is 1.29. The zero-order chi connectivity index (χ0) is 12.3. The summed E-state index contributed by atoms with van der Waals surface area (Å²) >= 11 is 0. The van der Waals surface area contributed by atoms with Gasteiger partial charge >= 0.3 is 0 Å². The fourth-order valence-electron chi connectivity index (χ4n) is 3.05. The van der Waals surface area contributed by atoms with Crippen LogP contribution in [0, 0.1) is 5.92 Å². The average Bonchev–Trinajstić information content (AvgIpc) is 2.76. The Bertz CT molecular complexity index is 235. The monoisotopic (exact) mass is 241 g/mol. The van der Waals surface area contributed by atoms with Crippen LogP contribution in [-0.2, 0) is 4.74 Å². The lowest BCUT2D eigenvalue weighted by atomic mass is 9.99. The van der Waals surface area contributed by atoms with Gasteiger partial charge in [-0.05, 0) is 40.5 Å². The van der Waals surface area contributed by atoms with Crippen molar-refractivity contribution in [1.29, 1.82) is 0 Å². The normalized spacial score (nSPS) is 35.6. The van der Waals surface area contributed by atoms with Crippen molar-refractivity contribution in [3.8, 4) is 0 Å². The summed E-state index contributed by atoms with van der Waals surface area (Å²) < 4.78 is 5.58. The Morgan fingerprint density at radius 1 is 1.35 bits per heavy atom. The lowest BCUT2D eigenvalue weighted by Crippen LogP contribution is -2.48. The quantitative estimate of drug-likeness (QED) is 0.763. The van der Waals surface area contributed by atoms with Crippen LogP contribution < -0.4 is 5.32 Å². The van der Waals surface area contributed by atoms with E-state index in [1.54, 1.807) is 0 Å². The Kier molecular flexibility index (Phi) is 4.79. The smallest absolute Gasteiger partial charge is 0.0623 e. The van der Waals surface area contributed by atoms with Gasteiger partial charge in [0.25, 0.3) is 0 Å². The van der Waals surface area contributed by atoms with Gasteiger partial charge in [0, 0.05) is 31.1 Å². The van der Waals surface area contributed by atoms with Crippen molar-refractivity contribution >= 4 is 0 Å². The summed E-state index contributed by atoms with van der Waals surface area (Å²) in [6.07, 6.45) is 2.68. The molecule has 2 rings (SSSR count). The number of ether oxygens (including phenoxy) is 1. The Hall–Kier alpha value is -0.160. The molecule has 0 radical (unpaired) electrons. The topological polar surface area (TPSA) is 27.7 Å². The Morgan fingerprint density at radius 3 is 2.88 bits per heavy atom. The molecule has 2 saturated heterocycles. The minimum absolute atomic E-state index is 0.551. The molecule has 0 aromatic rings. The molecular weight excluding hydrogens is 214 g/mol. The van der Waals surface area contributed by atoms with Crippen molar-refractivity contribution in [2.24, 2.45) is 5.92 Å². The van der Waals surface area contributed by atoms with Crippen LogP contribution in [0.15, 0.2) is 0 Å². The van der Waals surface area contributed by atoms with Crippen LogP contribution in [0.4, 0.5) is 0 Å². The predicted octanol–water partition coefficient (Wildman–Crippen LogP) is 0.247. The number of likely N-dealkylation sites (tertiary alicyclic amines) is 1. The molecule has 2 fully saturated rings. The highest BCUT2D eigenvalue weighted by atomic mass is 16.5. The Balaban J connectivity index is 1.82. The first-order valence-corrected chi connectivity index (χ1v) is 6.84. The molecule has 4 nitrogen and oxygen atoms in total. The fraction of sp³-hybridized carbons (Fsp3) is 1.00. The molecule has 4 heteroatoms. The molecule has 3 unspecified atom stereocenters. The number of hydrogen-bond acceptors (Lipinski definition) is 4. The molecule has 2 aliphatic rings. The molecule has 2 aliphatic heterocycles. The highest BCUT2D eigenvalue weighted by Crippen LogP contribution is 2.19. The lowest BCUT2D eigenvalue weighted by Gasteiger charge is -2.37. The Labute approximate surface area is 105 Å². The summed E-state index contributed by atoms with van der Waals surface area (Å²) in [7, 11) is 6.44. The van der Waals surface area contributed by atoms with Crippen LogP contribution in [0.25, 0.3) is 0 Å². The average molecular weight is 241 g/mol. The van der Waals surface area contributed by atoms with Gasteiger partial charge in [0.2, 0.25) is 0 Å². The number of nitrogens with one attached hydrogen (secondary N) is 1. The molecule has 0 saturated carbocycles. The number of piperidine rings is 1. The van der Waals surface area contributed by atoms with E-state index in [-0.39, 0.29) is 0 Å². The van der Waals surface area contributed by atoms with Crippen molar-refractivity contribution in [1.82, 2.24) is 15.1 Å². The molecule has 3 atom stereocenters. The van der Waals surface area contributed by atoms with Gasteiger partial charge in [-0.15, -0.1) is 0 Å². The molecular formula is C13H27N3O. The van der Waals surface area contributed by atoms with Gasteiger partial charge in [0.15, 0.2) is 0 Å². The first-order valence-electron chi connectivity index (χ1n) is 6.84. The number of nitrogens with zero attached hydrogens (tertiary/aromatic N) is 2. The molecule has 2 heterocycles. The lowest BCUT2D eigenvalue weighted by molar-refractivity contribution is 0.109. The minimum atomic E-state index is 0.551. The van der Waals surface area contributed by atoms with E-state index < -0.39 is 0 Å². The summed E-state index contributed by atoms with van der Waals surface area (Å²) in [4.78, 5) is 4.99. The second kappa shape index (κ2) is 6.14. The second-order valence-corrected chi connectivity index (χ2v) is 5.71. The molecule has 1 N–H and O–H groups in total. The fourth-order valence-corrected chi connectivity index (χ4v) is 3.05. The van der Waals surface area contributed by atoms with Crippen LogP contribution in [0.3, 0.4) is 0 Å². The van der Waals surface area contributed by atoms with Gasteiger partial charge in [-0.25, -0.2) is 0 Å². The number of hydrogen-bond donors (Lipinski definition) is 1. The van der Waals surface area contributed by atoms with E-state index in [0.717, 1.165) is 19.3 Å². The number of rotatable bonds is 4. The summed E-state index contributed by atoms with van der Waals surface area (Å²) in [6.45, 7) is 5.48. The molecule has 0 spiro atoms. The van der Waals surface area contributed by atoms with Gasteiger partial charge in [-0.2, -0.15) is 0 Å². The number of likely N-dealkylation sites (N-methyl/N-ethyl adjacent to an activating group) is 2. The van der Waals surface area contributed by atoms with Gasteiger partial charge in [-0.1, -0.05) is 0 Å². The third-order valence-corrected chi connectivity index (χ3v) is 4.27. The minimum Gasteiger partial charge on any atom is -0.379 e. The van der Waals surface area contributed by atoms with Gasteiger partial charge < -0.3 is 19.9 Å². The van der Waals surface area contributed by atoms with Crippen molar-refractivity contribution in [2.75, 3.05) is 54.0 Å². The molecule has 0 aliphatic carbocycles. The summed E-state index contributed by atoms with van der Waals surface area (Å²) in [5.41, 5.74) is 0.